The molecule has 2 atom stereocenters. The van der Waals surface area contributed by atoms with Crippen LogP contribution in [-0.2, 0) is 14.8 Å². The smallest absolute Gasteiger partial charge is 0.266 e. The number of rotatable bonds is 6. The molecule has 0 bridgehead atoms. The zero-order chi connectivity index (χ0) is 22.7. The largest absolute Gasteiger partial charge is 0.460 e. The highest BCUT2D eigenvalue weighted by atomic mass is 32.2. The van der Waals surface area contributed by atoms with Crippen LogP contribution in [0.5, 0.6) is 5.75 Å². The molecular formula is C19H15F2N5O4S2. The summed E-state index contributed by atoms with van der Waals surface area (Å²) >= 11 is 0.746. The summed E-state index contributed by atoms with van der Waals surface area (Å²) in [5, 5.41) is 12.2. The highest BCUT2D eigenvalue weighted by Crippen LogP contribution is 2.30. The van der Waals surface area contributed by atoms with Crippen molar-refractivity contribution < 1.29 is 26.7 Å². The van der Waals surface area contributed by atoms with E-state index in [0.29, 0.717) is 29.8 Å². The lowest BCUT2D eigenvalue weighted by Crippen LogP contribution is -2.45. The van der Waals surface area contributed by atoms with Crippen molar-refractivity contribution >= 4 is 26.7 Å². The lowest BCUT2D eigenvalue weighted by Gasteiger charge is -2.33. The molecule has 32 heavy (non-hydrogen) atoms. The Morgan fingerprint density at radius 1 is 1.28 bits per heavy atom. The highest BCUT2D eigenvalue weighted by Gasteiger charge is 2.31. The number of sulfonamides is 1. The summed E-state index contributed by atoms with van der Waals surface area (Å²) in [7, 11) is -4.43. The first-order valence-electron chi connectivity index (χ1n) is 9.17. The number of ether oxygens (including phenoxy) is 2. The summed E-state index contributed by atoms with van der Waals surface area (Å²) in [4.78, 5) is 2.75. The third kappa shape index (κ3) is 4.68. The third-order valence-corrected chi connectivity index (χ3v) is 6.56. The summed E-state index contributed by atoms with van der Waals surface area (Å²) in [5.41, 5.74) is 1.08. The second-order valence-corrected chi connectivity index (χ2v) is 9.02. The van der Waals surface area contributed by atoms with Crippen molar-refractivity contribution in [1.82, 2.24) is 14.7 Å². The molecule has 1 saturated heterocycles. The van der Waals surface area contributed by atoms with Crippen LogP contribution in [0.2, 0.25) is 0 Å². The average molecular weight is 479 g/mol. The molecule has 0 saturated carbocycles. The number of nitrogens with zero attached hydrogens (tertiary/aromatic N) is 3. The van der Waals surface area contributed by atoms with Crippen LogP contribution in [0.15, 0.2) is 47.6 Å². The van der Waals surface area contributed by atoms with Crippen LogP contribution in [0.3, 0.4) is 0 Å². The van der Waals surface area contributed by atoms with Crippen LogP contribution in [0.25, 0.3) is 0 Å². The fourth-order valence-electron chi connectivity index (χ4n) is 3.08. The lowest BCUT2D eigenvalue weighted by molar-refractivity contribution is -0.125. The van der Waals surface area contributed by atoms with Gasteiger partial charge in [-0.05, 0) is 17.7 Å². The van der Waals surface area contributed by atoms with Crippen molar-refractivity contribution in [2.45, 2.75) is 17.2 Å². The molecule has 2 heterocycles. The Balaban J connectivity index is 1.59. The predicted molar refractivity (Wildman–Crippen MR) is 109 cm³/mol. The van der Waals surface area contributed by atoms with E-state index in [1.165, 1.54) is 0 Å². The molecule has 1 aliphatic rings. The van der Waals surface area contributed by atoms with E-state index in [-0.39, 0.29) is 11.7 Å². The van der Waals surface area contributed by atoms with Crippen LogP contribution in [0.4, 0.5) is 13.9 Å². The van der Waals surface area contributed by atoms with Gasteiger partial charge in [0.05, 0.1) is 24.3 Å². The minimum Gasteiger partial charge on any atom is -0.460 e. The van der Waals surface area contributed by atoms with E-state index in [1.807, 2.05) is 10.8 Å². The Hall–Kier alpha value is -3.18. The zero-order valence-electron chi connectivity index (χ0n) is 16.2. The maximum absolute atomic E-state index is 14.7. The van der Waals surface area contributed by atoms with Crippen molar-refractivity contribution in [2.75, 3.05) is 17.9 Å². The molecule has 3 aromatic rings. The topological polar surface area (TPSA) is 126 Å². The molecule has 0 radical (unpaired) electrons. The average Bonchev–Trinajstić information content (AvgIpc) is 3.28. The number of anilines is 1. The number of hydrogen-bond donors (Lipinski definition) is 2. The predicted octanol–water partition coefficient (Wildman–Crippen LogP) is 2.55. The van der Waals surface area contributed by atoms with Gasteiger partial charge < -0.3 is 14.8 Å². The first kappa shape index (κ1) is 22.0. The third-order valence-electron chi connectivity index (χ3n) is 4.50. The zero-order valence-corrected chi connectivity index (χ0v) is 17.8. The molecule has 0 spiro atoms. The molecule has 1 aliphatic heterocycles. The van der Waals surface area contributed by atoms with Crippen molar-refractivity contribution in [3.8, 4) is 11.8 Å². The summed E-state index contributed by atoms with van der Waals surface area (Å²) < 4.78 is 71.0. The molecule has 2 N–H and O–H groups in total. The van der Waals surface area contributed by atoms with E-state index in [4.69, 9.17) is 14.7 Å². The van der Waals surface area contributed by atoms with Crippen LogP contribution < -0.4 is 14.8 Å². The molecule has 0 aliphatic carbocycles. The van der Waals surface area contributed by atoms with Gasteiger partial charge in [0, 0.05) is 30.2 Å². The van der Waals surface area contributed by atoms with E-state index in [0.717, 1.165) is 17.9 Å². The molecule has 13 heteroatoms. The van der Waals surface area contributed by atoms with E-state index >= 15 is 0 Å². The van der Waals surface area contributed by atoms with Crippen LogP contribution in [0, 0.1) is 23.0 Å². The minimum atomic E-state index is -4.43. The van der Waals surface area contributed by atoms with Crippen LogP contribution in [0.1, 0.15) is 17.2 Å². The monoisotopic (exact) mass is 479 g/mol. The van der Waals surface area contributed by atoms with Gasteiger partial charge in [0.15, 0.2) is 11.6 Å². The van der Waals surface area contributed by atoms with E-state index in [1.54, 1.807) is 24.3 Å². The Morgan fingerprint density at radius 3 is 2.88 bits per heavy atom. The number of benzene rings is 2. The van der Waals surface area contributed by atoms with Gasteiger partial charge in [-0.1, -0.05) is 12.1 Å². The van der Waals surface area contributed by atoms with Crippen molar-refractivity contribution in [1.29, 1.82) is 5.26 Å². The Labute approximate surface area is 185 Å². The molecule has 1 fully saturated rings. The molecular weight excluding hydrogens is 464 g/mol. The van der Waals surface area contributed by atoms with Crippen LogP contribution >= 0.6 is 11.5 Å². The van der Waals surface area contributed by atoms with Crippen molar-refractivity contribution in [3.05, 3.63) is 65.5 Å². The van der Waals surface area contributed by atoms with Gasteiger partial charge in [0.25, 0.3) is 10.0 Å². The number of morpholine rings is 1. The number of aromatic nitrogens is 2. The molecule has 2 unspecified atom stereocenters. The molecule has 1 aromatic heterocycles. The fourth-order valence-corrected chi connectivity index (χ4v) is 4.81. The molecule has 166 valence electrons. The Bertz CT molecular complexity index is 1270. The van der Waals surface area contributed by atoms with Gasteiger partial charge in [-0.25, -0.2) is 22.2 Å². The Morgan fingerprint density at radius 2 is 2.12 bits per heavy atom. The second-order valence-electron chi connectivity index (χ2n) is 6.59. The van der Waals surface area contributed by atoms with E-state index < -0.39 is 44.6 Å². The van der Waals surface area contributed by atoms with Crippen LogP contribution in [-0.4, -0.2) is 37.2 Å². The summed E-state index contributed by atoms with van der Waals surface area (Å²) in [6.45, 7) is 0.730. The molecule has 2 aromatic carbocycles. The van der Waals surface area contributed by atoms with Crippen molar-refractivity contribution in [2.24, 2.45) is 0 Å². The summed E-state index contributed by atoms with van der Waals surface area (Å²) in [5.74, 6) is -2.83. The summed E-state index contributed by atoms with van der Waals surface area (Å²) in [6, 6.07) is 9.33. The maximum atomic E-state index is 14.7. The van der Waals surface area contributed by atoms with E-state index in [2.05, 4.69) is 14.7 Å². The quantitative estimate of drug-likeness (QED) is 0.553. The normalized spacial score (nSPS) is 18.7. The fraction of sp³-hybridized carbons (Fsp3) is 0.211. The SMILES string of the molecule is N#Cc1cccc(C2NCCOC2Oc2cc(F)c(S(=O)(=O)Nc3ncns3)cc2F)c1. The van der Waals surface area contributed by atoms with Crippen molar-refractivity contribution in [3.63, 3.8) is 0 Å². The lowest BCUT2D eigenvalue weighted by atomic mass is 10.0. The highest BCUT2D eigenvalue weighted by molar-refractivity contribution is 7.93. The number of nitriles is 1. The molecule has 4 rings (SSSR count). The van der Waals surface area contributed by atoms with E-state index in [9.17, 15) is 17.2 Å². The second kappa shape index (κ2) is 9.13. The first-order chi connectivity index (χ1) is 15.4. The maximum Gasteiger partial charge on any atom is 0.266 e. The van der Waals surface area contributed by atoms with Gasteiger partial charge >= 0.3 is 0 Å². The first-order valence-corrected chi connectivity index (χ1v) is 11.4. The molecule has 9 nitrogen and oxygen atoms in total. The molecule has 0 amide bonds. The van der Waals surface area contributed by atoms with Gasteiger partial charge in [-0.2, -0.15) is 9.64 Å². The van der Waals surface area contributed by atoms with Gasteiger partial charge in [0.2, 0.25) is 11.4 Å². The minimum absolute atomic E-state index is 0.0887. The standard InChI is InChI=1S/C19H15F2N5O4S2/c20-13-8-16(32(27,28)26-19-24-10-25-31-19)14(21)7-15(13)30-18-17(23-4-5-29-18)12-3-1-2-11(6-12)9-22/h1-3,6-8,10,17-18,23H,4-5H2,(H,24,25,26). The summed E-state index contributed by atoms with van der Waals surface area (Å²) in [6.07, 6.45) is 0.0747. The van der Waals surface area contributed by atoms with Gasteiger partial charge in [0.1, 0.15) is 17.0 Å². The van der Waals surface area contributed by atoms with Gasteiger partial charge in [-0.3, -0.25) is 4.72 Å². The number of hydrogen-bond acceptors (Lipinski definition) is 9. The van der Waals surface area contributed by atoms with Gasteiger partial charge in [-0.15, -0.1) is 0 Å². The number of halogens is 2. The Kier molecular flexibility index (Phi) is 6.28. The number of nitrogens with one attached hydrogen (secondary N) is 2.